The van der Waals surface area contributed by atoms with E-state index < -0.39 is 46.2 Å². The van der Waals surface area contributed by atoms with Crippen molar-refractivity contribution >= 4 is 29.2 Å². The second-order valence-corrected chi connectivity index (χ2v) is 7.75. The number of aryl methyl sites for hydroxylation is 1. The van der Waals surface area contributed by atoms with Crippen molar-refractivity contribution in [1.82, 2.24) is 14.9 Å². The van der Waals surface area contributed by atoms with Gasteiger partial charge < -0.3 is 10.6 Å². The summed E-state index contributed by atoms with van der Waals surface area (Å²) < 4.78 is 43.9. The molecule has 1 aliphatic heterocycles. The van der Waals surface area contributed by atoms with Gasteiger partial charge in [0, 0.05) is 10.6 Å². The van der Waals surface area contributed by atoms with Gasteiger partial charge in [0.05, 0.1) is 5.69 Å². The standard InChI is InChI=1S/C21H14ClF3N4O4/c1-10-2-4-11(5-3-10)16(30)28-20(21(23,24)25)14-15(26-18(20)32)29(19(33)27-17(14)31)13-8-6-12(22)7-9-13/h2-9H,1H3,(H,26,32)(H,28,30)(H,27,31,33)/t20-/m1/s1. The fraction of sp³-hybridized carbons (Fsp3) is 0.143. The van der Waals surface area contributed by atoms with Crippen LogP contribution in [0.1, 0.15) is 21.5 Å². The largest absolute Gasteiger partial charge is 0.425 e. The van der Waals surface area contributed by atoms with Crippen molar-refractivity contribution in [2.24, 2.45) is 0 Å². The summed E-state index contributed by atoms with van der Waals surface area (Å²) in [6.45, 7) is 1.72. The van der Waals surface area contributed by atoms with Crippen molar-refractivity contribution in [1.29, 1.82) is 0 Å². The summed E-state index contributed by atoms with van der Waals surface area (Å²) in [6, 6.07) is 10.9. The van der Waals surface area contributed by atoms with Crippen molar-refractivity contribution in [3.05, 3.63) is 91.1 Å². The molecule has 0 saturated carbocycles. The van der Waals surface area contributed by atoms with E-state index >= 15 is 0 Å². The molecule has 0 unspecified atom stereocenters. The van der Waals surface area contributed by atoms with E-state index in [9.17, 15) is 32.3 Å². The van der Waals surface area contributed by atoms with Crippen LogP contribution in [0.25, 0.3) is 5.69 Å². The third-order valence-corrected chi connectivity index (χ3v) is 5.44. The Morgan fingerprint density at radius 3 is 2.21 bits per heavy atom. The number of carbonyl (C=O) groups is 2. The Balaban J connectivity index is 1.96. The number of hydrogen-bond acceptors (Lipinski definition) is 4. The van der Waals surface area contributed by atoms with Gasteiger partial charge >= 0.3 is 11.9 Å². The number of alkyl halides is 3. The lowest BCUT2D eigenvalue weighted by atomic mass is 9.91. The molecule has 2 heterocycles. The molecule has 1 aromatic heterocycles. The number of aromatic amines is 1. The van der Waals surface area contributed by atoms with Crippen LogP contribution >= 0.6 is 11.6 Å². The maximum Gasteiger partial charge on any atom is 0.425 e. The summed E-state index contributed by atoms with van der Waals surface area (Å²) in [5, 5.41) is 3.93. The fourth-order valence-electron chi connectivity index (χ4n) is 3.56. The van der Waals surface area contributed by atoms with E-state index in [4.69, 9.17) is 11.6 Å². The fourth-order valence-corrected chi connectivity index (χ4v) is 3.69. The smallest absolute Gasteiger partial charge is 0.326 e. The average Bonchev–Trinajstić information content (AvgIpc) is 3.03. The molecule has 2 aromatic carbocycles. The van der Waals surface area contributed by atoms with E-state index in [0.29, 0.717) is 4.57 Å². The number of carbonyl (C=O) groups excluding carboxylic acids is 2. The van der Waals surface area contributed by atoms with E-state index in [2.05, 4.69) is 0 Å². The molecule has 33 heavy (non-hydrogen) atoms. The van der Waals surface area contributed by atoms with Crippen molar-refractivity contribution in [2.75, 3.05) is 5.32 Å². The maximum absolute atomic E-state index is 14.4. The predicted octanol–water partition coefficient (Wildman–Crippen LogP) is 2.63. The highest BCUT2D eigenvalue weighted by Crippen LogP contribution is 2.45. The van der Waals surface area contributed by atoms with Gasteiger partial charge in [0.2, 0.25) is 0 Å². The van der Waals surface area contributed by atoms with E-state index in [1.807, 2.05) is 5.32 Å². The molecule has 3 N–H and O–H groups in total. The summed E-state index contributed by atoms with van der Waals surface area (Å²) in [5.41, 5.74) is -6.84. The number of anilines is 1. The minimum atomic E-state index is -5.43. The Morgan fingerprint density at radius 1 is 1.03 bits per heavy atom. The third-order valence-electron chi connectivity index (χ3n) is 5.18. The van der Waals surface area contributed by atoms with Gasteiger partial charge in [-0.3, -0.25) is 19.4 Å². The van der Waals surface area contributed by atoms with E-state index in [-0.39, 0.29) is 16.3 Å². The van der Waals surface area contributed by atoms with Gasteiger partial charge in [0.15, 0.2) is 0 Å². The molecular weight excluding hydrogens is 465 g/mol. The summed E-state index contributed by atoms with van der Waals surface area (Å²) in [6.07, 6.45) is -5.43. The maximum atomic E-state index is 14.4. The molecule has 0 bridgehead atoms. The lowest BCUT2D eigenvalue weighted by Gasteiger charge is -2.30. The highest BCUT2D eigenvalue weighted by Gasteiger charge is 2.68. The summed E-state index contributed by atoms with van der Waals surface area (Å²) in [5.74, 6) is -3.68. The predicted molar refractivity (Wildman–Crippen MR) is 113 cm³/mol. The number of benzene rings is 2. The number of nitrogens with zero attached hydrogens (tertiary/aromatic N) is 1. The van der Waals surface area contributed by atoms with Crippen LogP contribution in [-0.2, 0) is 10.3 Å². The van der Waals surface area contributed by atoms with Crippen LogP contribution in [0.5, 0.6) is 0 Å². The second kappa shape index (κ2) is 7.62. The van der Waals surface area contributed by atoms with Gasteiger partial charge in [0.1, 0.15) is 11.4 Å². The number of aromatic nitrogens is 2. The minimum absolute atomic E-state index is 0.0278. The molecule has 2 amide bonds. The Labute approximate surface area is 188 Å². The number of fused-ring (bicyclic) bond motifs is 1. The first-order valence-corrected chi connectivity index (χ1v) is 9.76. The molecule has 0 fully saturated rings. The number of H-pyrrole nitrogens is 1. The van der Waals surface area contributed by atoms with Crippen molar-refractivity contribution < 1.29 is 22.8 Å². The highest BCUT2D eigenvalue weighted by molar-refractivity contribution is 6.30. The number of nitrogens with one attached hydrogen (secondary N) is 3. The lowest BCUT2D eigenvalue weighted by molar-refractivity contribution is -0.196. The van der Waals surface area contributed by atoms with Crippen LogP contribution in [0.3, 0.4) is 0 Å². The van der Waals surface area contributed by atoms with Gasteiger partial charge in [-0.25, -0.2) is 9.36 Å². The normalized spacial score (nSPS) is 17.4. The van der Waals surface area contributed by atoms with Crippen molar-refractivity contribution in [2.45, 2.75) is 18.6 Å². The SMILES string of the molecule is Cc1ccc(C(=O)N[C@@]2(C(F)(F)F)C(=O)Nc3c2c(=O)[nH]c(=O)n3-c2ccc(Cl)cc2)cc1. The van der Waals surface area contributed by atoms with E-state index in [1.165, 1.54) is 48.5 Å². The molecule has 1 atom stereocenters. The molecule has 0 radical (unpaired) electrons. The van der Waals surface area contributed by atoms with Crippen LogP contribution in [0.4, 0.5) is 19.0 Å². The molecule has 0 spiro atoms. The number of hydrogen-bond donors (Lipinski definition) is 3. The average molecular weight is 479 g/mol. The summed E-state index contributed by atoms with van der Waals surface area (Å²) in [4.78, 5) is 52.4. The lowest BCUT2D eigenvalue weighted by Crippen LogP contribution is -2.62. The van der Waals surface area contributed by atoms with Crippen LogP contribution in [0, 0.1) is 6.92 Å². The van der Waals surface area contributed by atoms with Gasteiger partial charge in [-0.05, 0) is 43.3 Å². The Bertz CT molecular complexity index is 1400. The number of halogens is 4. The van der Waals surface area contributed by atoms with Crippen molar-refractivity contribution in [3.8, 4) is 5.69 Å². The zero-order chi connectivity index (χ0) is 24.1. The zero-order valence-electron chi connectivity index (χ0n) is 16.7. The zero-order valence-corrected chi connectivity index (χ0v) is 17.5. The first-order valence-electron chi connectivity index (χ1n) is 9.39. The molecule has 170 valence electrons. The molecule has 0 saturated heterocycles. The van der Waals surface area contributed by atoms with Gasteiger partial charge in [-0.2, -0.15) is 13.2 Å². The molecule has 1 aliphatic rings. The molecule has 12 heteroatoms. The minimum Gasteiger partial charge on any atom is -0.326 e. The van der Waals surface area contributed by atoms with Gasteiger partial charge in [-0.15, -0.1) is 0 Å². The summed E-state index contributed by atoms with van der Waals surface area (Å²) in [7, 11) is 0. The second-order valence-electron chi connectivity index (χ2n) is 7.32. The third kappa shape index (κ3) is 3.50. The molecule has 4 rings (SSSR count). The van der Waals surface area contributed by atoms with Gasteiger partial charge in [0.25, 0.3) is 22.9 Å². The quantitative estimate of drug-likeness (QED) is 0.537. The first kappa shape index (κ1) is 22.3. The number of amides is 2. The highest BCUT2D eigenvalue weighted by atomic mass is 35.5. The number of rotatable bonds is 3. The Kier molecular flexibility index (Phi) is 5.16. The molecule has 3 aromatic rings. The molecule has 8 nitrogen and oxygen atoms in total. The van der Waals surface area contributed by atoms with Gasteiger partial charge in [-0.1, -0.05) is 29.3 Å². The van der Waals surface area contributed by atoms with Crippen LogP contribution in [-0.4, -0.2) is 27.5 Å². The van der Waals surface area contributed by atoms with Crippen LogP contribution in [0.15, 0.2) is 58.1 Å². The Hall–Kier alpha value is -3.86. The molecular formula is C21H14ClF3N4O4. The van der Waals surface area contributed by atoms with E-state index in [1.54, 1.807) is 17.2 Å². The first-order chi connectivity index (χ1) is 15.5. The molecule has 0 aliphatic carbocycles. The van der Waals surface area contributed by atoms with Crippen LogP contribution < -0.4 is 21.9 Å². The monoisotopic (exact) mass is 478 g/mol. The van der Waals surface area contributed by atoms with E-state index in [0.717, 1.165) is 5.56 Å². The Morgan fingerprint density at radius 2 is 1.64 bits per heavy atom. The van der Waals surface area contributed by atoms with Crippen LogP contribution in [0.2, 0.25) is 5.02 Å². The van der Waals surface area contributed by atoms with Crippen molar-refractivity contribution in [3.63, 3.8) is 0 Å². The summed E-state index contributed by atoms with van der Waals surface area (Å²) >= 11 is 5.82. The topological polar surface area (TPSA) is 113 Å².